The highest BCUT2D eigenvalue weighted by atomic mass is 35.5. The van der Waals surface area contributed by atoms with Crippen LogP contribution in [0.2, 0.25) is 5.02 Å². The summed E-state index contributed by atoms with van der Waals surface area (Å²) in [6, 6.07) is 22.8. The number of benzene rings is 3. The fraction of sp³-hybridized carbons (Fsp3) is 0.130. The van der Waals surface area contributed by atoms with Crippen molar-refractivity contribution >= 4 is 23.4 Å². The van der Waals surface area contributed by atoms with Crippen molar-refractivity contribution in [3.05, 3.63) is 101 Å². The minimum absolute atomic E-state index is 0.285. The summed E-state index contributed by atoms with van der Waals surface area (Å²) >= 11 is 5.83. The van der Waals surface area contributed by atoms with Crippen molar-refractivity contribution < 1.29 is 14.3 Å². The zero-order chi connectivity index (χ0) is 20.6. The van der Waals surface area contributed by atoms with Gasteiger partial charge in [-0.15, -0.1) is 0 Å². The first-order valence-corrected chi connectivity index (χ1v) is 9.50. The number of carbonyl (C=O) groups is 2. The number of hydrogen-bond donors (Lipinski definition) is 2. The van der Waals surface area contributed by atoms with E-state index in [4.69, 9.17) is 22.1 Å². The van der Waals surface area contributed by atoms with Crippen molar-refractivity contribution in [2.45, 2.75) is 19.1 Å². The Balaban J connectivity index is 1.59. The molecule has 5 nitrogen and oxygen atoms in total. The molecule has 2 amide bonds. The number of halogens is 1. The van der Waals surface area contributed by atoms with Gasteiger partial charge in [-0.25, -0.2) is 0 Å². The lowest BCUT2D eigenvalue weighted by molar-refractivity contribution is -0.119. The monoisotopic (exact) mass is 408 g/mol. The Bertz CT molecular complexity index is 958. The van der Waals surface area contributed by atoms with Crippen molar-refractivity contribution in [1.29, 1.82) is 0 Å². The number of ether oxygens (including phenoxy) is 1. The predicted octanol–water partition coefficient (Wildman–Crippen LogP) is 3.75. The van der Waals surface area contributed by atoms with Gasteiger partial charge in [0.15, 0.2) is 0 Å². The molecule has 148 valence electrons. The highest BCUT2D eigenvalue weighted by molar-refractivity contribution is 6.30. The molecule has 3 aromatic rings. The number of carbonyl (C=O) groups excluding carboxylic acids is 2. The zero-order valence-corrected chi connectivity index (χ0v) is 16.4. The molecular formula is C23H21ClN2O3. The maximum absolute atomic E-state index is 12.4. The molecule has 0 aliphatic rings. The van der Waals surface area contributed by atoms with Gasteiger partial charge in [-0.3, -0.25) is 9.59 Å². The van der Waals surface area contributed by atoms with Gasteiger partial charge >= 0.3 is 0 Å². The molecular weight excluding hydrogens is 388 g/mol. The van der Waals surface area contributed by atoms with Crippen molar-refractivity contribution in [1.82, 2.24) is 5.32 Å². The highest BCUT2D eigenvalue weighted by Gasteiger charge is 2.19. The van der Waals surface area contributed by atoms with Gasteiger partial charge < -0.3 is 15.8 Å². The average molecular weight is 409 g/mol. The van der Waals surface area contributed by atoms with Crippen molar-refractivity contribution in [2.75, 3.05) is 0 Å². The first-order valence-electron chi connectivity index (χ1n) is 9.12. The summed E-state index contributed by atoms with van der Waals surface area (Å²) in [5.74, 6) is -0.261. The number of nitrogens with one attached hydrogen (secondary N) is 1. The molecule has 3 aromatic carbocycles. The lowest BCUT2D eigenvalue weighted by atomic mass is 10.0. The van der Waals surface area contributed by atoms with Gasteiger partial charge in [0.2, 0.25) is 5.91 Å². The molecule has 0 saturated carbocycles. The molecule has 29 heavy (non-hydrogen) atoms. The third kappa shape index (κ3) is 6.09. The van der Waals surface area contributed by atoms with Crippen molar-refractivity contribution in [2.24, 2.45) is 5.73 Å². The molecule has 3 rings (SSSR count). The normalized spacial score (nSPS) is 11.5. The molecule has 0 heterocycles. The quantitative estimate of drug-likeness (QED) is 0.595. The fourth-order valence-corrected chi connectivity index (χ4v) is 2.89. The Labute approximate surface area is 174 Å². The van der Waals surface area contributed by atoms with Crippen molar-refractivity contribution in [3.63, 3.8) is 0 Å². The minimum atomic E-state index is -0.825. The van der Waals surface area contributed by atoms with E-state index in [2.05, 4.69) is 5.32 Å². The van der Waals surface area contributed by atoms with Crippen LogP contribution in [0.3, 0.4) is 0 Å². The zero-order valence-electron chi connectivity index (χ0n) is 15.7. The Morgan fingerprint density at radius 3 is 2.17 bits per heavy atom. The molecule has 0 aliphatic carbocycles. The summed E-state index contributed by atoms with van der Waals surface area (Å²) in [7, 11) is 0. The number of amides is 2. The van der Waals surface area contributed by atoms with E-state index in [-0.39, 0.29) is 12.3 Å². The van der Waals surface area contributed by atoms with Gasteiger partial charge in [-0.2, -0.15) is 0 Å². The molecule has 0 aliphatic heterocycles. The van der Waals surface area contributed by atoms with Crippen LogP contribution in [0.25, 0.3) is 0 Å². The molecule has 3 N–H and O–H groups in total. The Morgan fingerprint density at radius 1 is 0.897 bits per heavy atom. The topological polar surface area (TPSA) is 81.4 Å². The number of primary amides is 1. The summed E-state index contributed by atoms with van der Waals surface area (Å²) in [5, 5.41) is 3.20. The van der Waals surface area contributed by atoms with E-state index in [0.717, 1.165) is 16.9 Å². The van der Waals surface area contributed by atoms with Crippen LogP contribution in [-0.2, 0) is 17.8 Å². The molecule has 0 bridgehead atoms. The maximum Gasteiger partial charge on any atom is 0.251 e. The van der Waals surface area contributed by atoms with E-state index in [1.54, 1.807) is 24.3 Å². The van der Waals surface area contributed by atoms with Crippen LogP contribution in [0, 0.1) is 0 Å². The van der Waals surface area contributed by atoms with Crippen LogP contribution < -0.4 is 15.8 Å². The Hall–Kier alpha value is -3.31. The molecule has 1 atom stereocenters. The van der Waals surface area contributed by atoms with Crippen LogP contribution in [0.15, 0.2) is 78.9 Å². The van der Waals surface area contributed by atoms with E-state index >= 15 is 0 Å². The standard InChI is InChI=1S/C23H21ClN2O3/c24-19-10-8-18(9-11-19)23(28)26-21(22(25)27)14-16-6-12-20(13-7-16)29-15-17-4-2-1-3-5-17/h1-13,21H,14-15H2,(H2,25,27)(H,26,28)/t21-/m0/s1. The van der Waals surface area contributed by atoms with Gasteiger partial charge in [0.1, 0.15) is 18.4 Å². The number of rotatable bonds is 8. The second-order valence-electron chi connectivity index (χ2n) is 6.56. The molecule has 0 spiro atoms. The summed E-state index contributed by atoms with van der Waals surface area (Å²) < 4.78 is 5.76. The number of nitrogens with two attached hydrogens (primary N) is 1. The van der Waals surface area contributed by atoms with E-state index in [9.17, 15) is 9.59 Å². The van der Waals surface area contributed by atoms with Crippen LogP contribution in [0.1, 0.15) is 21.5 Å². The van der Waals surface area contributed by atoms with Gasteiger partial charge in [0, 0.05) is 17.0 Å². The lowest BCUT2D eigenvalue weighted by Gasteiger charge is -2.16. The molecule has 0 unspecified atom stereocenters. The van der Waals surface area contributed by atoms with Crippen LogP contribution in [0.5, 0.6) is 5.75 Å². The maximum atomic E-state index is 12.4. The molecule has 0 fully saturated rings. The van der Waals surface area contributed by atoms with Crippen LogP contribution in [-0.4, -0.2) is 17.9 Å². The third-order valence-electron chi connectivity index (χ3n) is 4.37. The number of hydrogen-bond acceptors (Lipinski definition) is 3. The predicted molar refractivity (Wildman–Crippen MR) is 113 cm³/mol. The van der Waals surface area contributed by atoms with Gasteiger partial charge in [-0.1, -0.05) is 54.1 Å². The van der Waals surface area contributed by atoms with Crippen LogP contribution >= 0.6 is 11.6 Å². The summed E-state index contributed by atoms with van der Waals surface area (Å²) in [6.45, 7) is 0.473. The smallest absolute Gasteiger partial charge is 0.251 e. The van der Waals surface area contributed by atoms with E-state index < -0.39 is 11.9 Å². The minimum Gasteiger partial charge on any atom is -0.489 e. The largest absolute Gasteiger partial charge is 0.489 e. The summed E-state index contributed by atoms with van der Waals surface area (Å²) in [4.78, 5) is 24.2. The average Bonchev–Trinajstić information content (AvgIpc) is 2.74. The Kier molecular flexibility index (Phi) is 6.87. The molecule has 0 saturated heterocycles. The van der Waals surface area contributed by atoms with Crippen molar-refractivity contribution in [3.8, 4) is 5.75 Å². The lowest BCUT2D eigenvalue weighted by Crippen LogP contribution is -2.45. The molecule has 6 heteroatoms. The van der Waals surface area contributed by atoms with E-state index in [1.807, 2.05) is 54.6 Å². The Morgan fingerprint density at radius 2 is 1.55 bits per heavy atom. The van der Waals surface area contributed by atoms with Crippen LogP contribution in [0.4, 0.5) is 0 Å². The molecule has 0 aromatic heterocycles. The van der Waals surface area contributed by atoms with Gasteiger partial charge in [0.25, 0.3) is 5.91 Å². The summed E-state index contributed by atoms with van der Waals surface area (Å²) in [6.07, 6.45) is 0.285. The van der Waals surface area contributed by atoms with Gasteiger partial charge in [0.05, 0.1) is 0 Å². The first-order chi connectivity index (χ1) is 14.0. The van der Waals surface area contributed by atoms with E-state index in [1.165, 1.54) is 0 Å². The molecule has 0 radical (unpaired) electrons. The second-order valence-corrected chi connectivity index (χ2v) is 6.99. The van der Waals surface area contributed by atoms with E-state index in [0.29, 0.717) is 17.2 Å². The first kappa shape index (κ1) is 20.4. The second kappa shape index (κ2) is 9.75. The summed E-state index contributed by atoms with van der Waals surface area (Å²) in [5.41, 5.74) is 7.82. The third-order valence-corrected chi connectivity index (χ3v) is 4.62. The van der Waals surface area contributed by atoms with Gasteiger partial charge in [-0.05, 0) is 47.5 Å². The highest BCUT2D eigenvalue weighted by Crippen LogP contribution is 2.16. The SMILES string of the molecule is NC(=O)[C@H](Cc1ccc(OCc2ccccc2)cc1)NC(=O)c1ccc(Cl)cc1. The fourth-order valence-electron chi connectivity index (χ4n) is 2.76.